The van der Waals surface area contributed by atoms with Crippen LogP contribution in [0.15, 0.2) is 65.1 Å². The fourth-order valence-electron chi connectivity index (χ4n) is 7.55. The van der Waals surface area contributed by atoms with E-state index in [-0.39, 0.29) is 66.0 Å². The minimum atomic E-state index is -0.654. The van der Waals surface area contributed by atoms with E-state index >= 15 is 0 Å². The number of pyridine rings is 1. The first-order chi connectivity index (χ1) is 29.3. The quantitative estimate of drug-likeness (QED) is 0.0483. The number of rotatable bonds is 25. The van der Waals surface area contributed by atoms with Crippen LogP contribution in [0.2, 0.25) is 0 Å². The SMILES string of the molecule is CCCOC(CC(C(C)C)N(C)C(=O)[C@@H](NC(=O)[C@H]1CCCCN1C)C(C)CC)c1nc(C(=O)N[C@@H](Cc2ccccc2)C[C@H](C)C(=O)OCCSSc2ccccn2)cs1. The van der Waals surface area contributed by atoms with Gasteiger partial charge in [0, 0.05) is 49.5 Å². The molecule has 1 aliphatic heterocycles. The molecule has 2 N–H and O–H groups in total. The van der Waals surface area contributed by atoms with Gasteiger partial charge in [-0.1, -0.05) is 102 Å². The number of esters is 1. The third-order valence-corrected chi connectivity index (χ3v) is 14.5. The van der Waals surface area contributed by atoms with Gasteiger partial charge in [-0.15, -0.1) is 11.3 Å². The largest absolute Gasteiger partial charge is 0.465 e. The second-order valence-corrected chi connectivity index (χ2v) is 19.9. The molecule has 15 heteroatoms. The zero-order valence-electron chi connectivity index (χ0n) is 37.3. The molecule has 1 aromatic carbocycles. The molecule has 4 rings (SSSR count). The van der Waals surface area contributed by atoms with Crippen molar-refractivity contribution in [3.8, 4) is 0 Å². The van der Waals surface area contributed by atoms with E-state index in [1.807, 2.05) is 90.3 Å². The third-order valence-electron chi connectivity index (χ3n) is 11.4. The smallest absolute Gasteiger partial charge is 0.308 e. The maximum atomic E-state index is 14.4. The number of benzene rings is 1. The summed E-state index contributed by atoms with van der Waals surface area (Å²) in [6.07, 6.45) is 7.06. The van der Waals surface area contributed by atoms with E-state index in [9.17, 15) is 19.2 Å². The van der Waals surface area contributed by atoms with E-state index in [4.69, 9.17) is 14.5 Å². The van der Waals surface area contributed by atoms with E-state index in [1.54, 1.807) is 38.1 Å². The monoisotopic (exact) mass is 896 g/mol. The maximum absolute atomic E-state index is 14.4. The molecule has 1 fully saturated rings. The molecule has 0 aliphatic carbocycles. The van der Waals surface area contributed by atoms with Gasteiger partial charge in [-0.3, -0.25) is 24.1 Å². The molecule has 0 saturated carbocycles. The highest BCUT2D eigenvalue weighted by Crippen LogP contribution is 2.32. The molecule has 3 aromatic rings. The zero-order chi connectivity index (χ0) is 44.3. The fourth-order valence-corrected chi connectivity index (χ4v) is 10.1. The number of piperidine rings is 1. The average molecular weight is 897 g/mol. The van der Waals surface area contributed by atoms with Crippen molar-refractivity contribution in [2.45, 2.75) is 128 Å². The van der Waals surface area contributed by atoms with Gasteiger partial charge in [0.25, 0.3) is 5.91 Å². The summed E-state index contributed by atoms with van der Waals surface area (Å²) in [4.78, 5) is 67.9. The number of likely N-dealkylation sites (N-methyl/N-ethyl adjacent to an activating group) is 2. The molecule has 1 aliphatic rings. The molecule has 0 radical (unpaired) electrons. The first kappa shape index (κ1) is 50.1. The number of carbonyl (C=O) groups excluding carboxylic acids is 4. The van der Waals surface area contributed by atoms with Crippen LogP contribution in [0.3, 0.4) is 0 Å². The molecule has 61 heavy (non-hydrogen) atoms. The van der Waals surface area contributed by atoms with E-state index in [1.165, 1.54) is 11.3 Å². The summed E-state index contributed by atoms with van der Waals surface area (Å²) in [5.74, 6) is -0.652. The summed E-state index contributed by atoms with van der Waals surface area (Å²) in [7, 11) is 6.92. The summed E-state index contributed by atoms with van der Waals surface area (Å²) in [6.45, 7) is 13.8. The molecule has 3 amide bonds. The Bertz CT molecular complexity index is 1790. The lowest BCUT2D eigenvalue weighted by Gasteiger charge is -2.38. The van der Waals surface area contributed by atoms with E-state index < -0.39 is 18.1 Å². The molecule has 3 heterocycles. The minimum absolute atomic E-state index is 0.0569. The molecule has 0 bridgehead atoms. The standard InChI is InChI=1S/C46H68N6O6S3/c1-9-24-57-39(29-38(31(3)4)52(8)45(55)41(32(5)10-2)50-43(54)37-20-15-17-23-51(37)7)44-49-36(30-59-44)42(53)48-35(28-34-18-12-11-13-19-34)27-33(6)46(56)58-25-26-60-61-40-21-14-16-22-47-40/h11-14,16,18-19,21-22,30-33,35,37-39,41H,9-10,15,17,20,23-29H2,1-8H3,(H,48,53)(H,50,54)/t32?,33-,35+,37+,38?,39?,41-/m0/s1. The van der Waals surface area contributed by atoms with Gasteiger partial charge < -0.3 is 25.0 Å². The third kappa shape index (κ3) is 16.0. The number of hydrogen-bond acceptors (Lipinski definition) is 12. The lowest BCUT2D eigenvalue weighted by molar-refractivity contribution is -0.147. The highest BCUT2D eigenvalue weighted by molar-refractivity contribution is 8.76. The van der Waals surface area contributed by atoms with Crippen molar-refractivity contribution in [1.82, 2.24) is 30.4 Å². The van der Waals surface area contributed by atoms with Crippen LogP contribution in [0.1, 0.15) is 114 Å². The number of hydrogen-bond donors (Lipinski definition) is 2. The van der Waals surface area contributed by atoms with E-state index in [2.05, 4.69) is 34.4 Å². The number of nitrogens with zero attached hydrogens (tertiary/aromatic N) is 4. The topological polar surface area (TPSA) is 143 Å². The highest BCUT2D eigenvalue weighted by atomic mass is 33.1. The summed E-state index contributed by atoms with van der Waals surface area (Å²) < 4.78 is 12.0. The Balaban J connectivity index is 1.43. The van der Waals surface area contributed by atoms with Gasteiger partial charge in [-0.2, -0.15) is 0 Å². The Labute approximate surface area is 375 Å². The van der Waals surface area contributed by atoms with Gasteiger partial charge in [-0.25, -0.2) is 9.97 Å². The lowest BCUT2D eigenvalue weighted by atomic mass is 9.92. The van der Waals surface area contributed by atoms with Crippen molar-refractivity contribution in [3.05, 3.63) is 76.4 Å². The first-order valence-corrected chi connectivity index (χ1v) is 25.1. The molecule has 3 unspecified atom stereocenters. The number of amides is 3. The maximum Gasteiger partial charge on any atom is 0.308 e. The first-order valence-electron chi connectivity index (χ1n) is 21.9. The Morgan fingerprint density at radius 3 is 2.41 bits per heavy atom. The molecular weight excluding hydrogens is 829 g/mol. The summed E-state index contributed by atoms with van der Waals surface area (Å²) >= 11 is 1.37. The predicted octanol–water partition coefficient (Wildman–Crippen LogP) is 8.25. The van der Waals surface area contributed by atoms with Crippen molar-refractivity contribution in [2.75, 3.05) is 39.6 Å². The molecular formula is C46H68N6O6S3. The van der Waals surface area contributed by atoms with Crippen LogP contribution in [-0.4, -0.2) is 107 Å². The second-order valence-electron chi connectivity index (χ2n) is 16.5. The number of ether oxygens (including phenoxy) is 2. The Hall–Kier alpha value is -3.50. The fraction of sp³-hybridized carbons (Fsp3) is 0.609. The van der Waals surface area contributed by atoms with E-state index in [0.29, 0.717) is 36.6 Å². The predicted molar refractivity (Wildman–Crippen MR) is 247 cm³/mol. The van der Waals surface area contributed by atoms with Gasteiger partial charge in [-0.05, 0) is 86.0 Å². The van der Waals surface area contributed by atoms with E-state index in [0.717, 1.165) is 49.2 Å². The van der Waals surface area contributed by atoms with Gasteiger partial charge >= 0.3 is 5.97 Å². The van der Waals surface area contributed by atoms with Crippen molar-refractivity contribution in [1.29, 1.82) is 0 Å². The Morgan fingerprint density at radius 2 is 1.74 bits per heavy atom. The summed E-state index contributed by atoms with van der Waals surface area (Å²) in [5, 5.41) is 9.64. The van der Waals surface area contributed by atoms with Crippen LogP contribution in [0.4, 0.5) is 0 Å². The molecule has 0 spiro atoms. The minimum Gasteiger partial charge on any atom is -0.465 e. The molecule has 12 nitrogen and oxygen atoms in total. The van der Waals surface area contributed by atoms with Crippen LogP contribution < -0.4 is 10.6 Å². The molecule has 7 atom stereocenters. The van der Waals surface area contributed by atoms with Crippen molar-refractivity contribution in [3.63, 3.8) is 0 Å². The molecule has 1 saturated heterocycles. The second kappa shape index (κ2) is 26.2. The number of nitrogens with one attached hydrogen (secondary N) is 2. The normalized spacial score (nSPS) is 17.4. The average Bonchev–Trinajstić information content (AvgIpc) is 3.76. The highest BCUT2D eigenvalue weighted by Gasteiger charge is 2.37. The molecule has 2 aromatic heterocycles. The number of thiazole rings is 1. The number of carbonyl (C=O) groups is 4. The Kier molecular flexibility index (Phi) is 21.5. The van der Waals surface area contributed by atoms with Gasteiger partial charge in [0.15, 0.2) is 0 Å². The lowest BCUT2D eigenvalue weighted by Crippen LogP contribution is -2.58. The number of likely N-dealkylation sites (tertiary alicyclic amines) is 1. The summed E-state index contributed by atoms with van der Waals surface area (Å²) in [6, 6.07) is 14.2. The van der Waals surface area contributed by atoms with Crippen molar-refractivity contribution < 1.29 is 28.7 Å². The van der Waals surface area contributed by atoms with Crippen LogP contribution in [0, 0.1) is 17.8 Å². The zero-order valence-corrected chi connectivity index (χ0v) is 39.8. The van der Waals surface area contributed by atoms with Crippen molar-refractivity contribution in [2.24, 2.45) is 17.8 Å². The number of aromatic nitrogens is 2. The van der Waals surface area contributed by atoms with Crippen LogP contribution in [-0.2, 0) is 30.3 Å². The molecule has 336 valence electrons. The Morgan fingerprint density at radius 1 is 0.984 bits per heavy atom. The van der Waals surface area contributed by atoms with Gasteiger partial charge in [0.2, 0.25) is 11.8 Å². The van der Waals surface area contributed by atoms with Crippen molar-refractivity contribution >= 4 is 56.6 Å². The van der Waals surface area contributed by atoms with Crippen LogP contribution in [0.25, 0.3) is 0 Å². The summed E-state index contributed by atoms with van der Waals surface area (Å²) in [5.41, 5.74) is 1.32. The van der Waals surface area contributed by atoms with Gasteiger partial charge in [0.05, 0.1) is 12.0 Å². The van der Waals surface area contributed by atoms with Crippen LogP contribution >= 0.6 is 32.9 Å². The van der Waals surface area contributed by atoms with Gasteiger partial charge in [0.1, 0.15) is 34.5 Å². The van der Waals surface area contributed by atoms with Crippen LogP contribution in [0.5, 0.6) is 0 Å².